The summed E-state index contributed by atoms with van der Waals surface area (Å²) in [6.07, 6.45) is 5.06. The zero-order valence-corrected chi connectivity index (χ0v) is 11.6. The van der Waals surface area contributed by atoms with Crippen LogP contribution in [0, 0.1) is 5.41 Å². The molecule has 4 heteroatoms. The average molecular weight is 257 g/mol. The minimum Gasteiger partial charge on any atom is -0.396 e. The predicted molar refractivity (Wildman–Crippen MR) is 72.3 cm³/mol. The highest BCUT2D eigenvalue weighted by molar-refractivity contribution is 5.00. The van der Waals surface area contributed by atoms with Crippen LogP contribution in [0.3, 0.4) is 0 Å². The van der Waals surface area contributed by atoms with E-state index in [0.29, 0.717) is 0 Å². The molecule has 0 aromatic rings. The minimum atomic E-state index is -0.192. The number of aliphatic hydroxyl groups is 3. The molecule has 0 aromatic carbocycles. The maximum absolute atomic E-state index is 9.72. The SMILES string of the molecule is CC(C)=CCC1(CO)CCCN(C(CO)CO)C1. The number of likely N-dealkylation sites (tertiary alicyclic amines) is 1. The number of aliphatic hydroxyl groups excluding tert-OH is 3. The summed E-state index contributed by atoms with van der Waals surface area (Å²) >= 11 is 0. The molecule has 4 nitrogen and oxygen atoms in total. The Labute approximate surface area is 110 Å². The first-order valence-corrected chi connectivity index (χ1v) is 6.77. The van der Waals surface area contributed by atoms with Gasteiger partial charge in [0.1, 0.15) is 0 Å². The molecule has 3 N–H and O–H groups in total. The third-order valence-electron chi connectivity index (χ3n) is 3.91. The summed E-state index contributed by atoms with van der Waals surface area (Å²) in [7, 11) is 0. The van der Waals surface area contributed by atoms with E-state index in [1.807, 2.05) is 0 Å². The lowest BCUT2D eigenvalue weighted by molar-refractivity contribution is -0.0140. The Hall–Kier alpha value is -0.420. The van der Waals surface area contributed by atoms with Crippen LogP contribution in [0.2, 0.25) is 0 Å². The van der Waals surface area contributed by atoms with Crippen molar-refractivity contribution in [1.82, 2.24) is 4.90 Å². The molecular formula is C14H27NO3. The highest BCUT2D eigenvalue weighted by Gasteiger charge is 2.36. The highest BCUT2D eigenvalue weighted by Crippen LogP contribution is 2.34. The summed E-state index contributed by atoms with van der Waals surface area (Å²) in [6.45, 7) is 5.88. The molecule has 1 atom stereocenters. The normalized spacial score (nSPS) is 25.4. The van der Waals surface area contributed by atoms with Crippen molar-refractivity contribution >= 4 is 0 Å². The van der Waals surface area contributed by atoms with Crippen molar-refractivity contribution in [3.63, 3.8) is 0 Å². The van der Waals surface area contributed by atoms with E-state index in [-0.39, 0.29) is 31.3 Å². The van der Waals surface area contributed by atoms with Gasteiger partial charge in [-0.3, -0.25) is 4.90 Å². The van der Waals surface area contributed by atoms with Crippen molar-refractivity contribution in [3.05, 3.63) is 11.6 Å². The Bertz CT molecular complexity index is 272. The van der Waals surface area contributed by atoms with Gasteiger partial charge in [-0.05, 0) is 39.7 Å². The minimum absolute atomic E-state index is 0.0271. The predicted octanol–water partition coefficient (Wildman–Crippen LogP) is 0.770. The Kier molecular flexibility index (Phi) is 6.29. The van der Waals surface area contributed by atoms with Crippen LogP contribution in [0.15, 0.2) is 11.6 Å². The zero-order chi connectivity index (χ0) is 13.6. The zero-order valence-electron chi connectivity index (χ0n) is 11.6. The summed E-state index contributed by atoms with van der Waals surface area (Å²) in [5, 5.41) is 28.2. The Morgan fingerprint density at radius 2 is 1.94 bits per heavy atom. The van der Waals surface area contributed by atoms with E-state index in [1.165, 1.54) is 5.57 Å². The highest BCUT2D eigenvalue weighted by atomic mass is 16.3. The number of allylic oxidation sites excluding steroid dienone is 2. The van der Waals surface area contributed by atoms with Crippen molar-refractivity contribution in [1.29, 1.82) is 0 Å². The lowest BCUT2D eigenvalue weighted by Crippen LogP contribution is -2.51. The lowest BCUT2D eigenvalue weighted by atomic mass is 9.77. The lowest BCUT2D eigenvalue weighted by Gasteiger charge is -2.44. The van der Waals surface area contributed by atoms with Crippen molar-refractivity contribution in [2.24, 2.45) is 5.41 Å². The quantitative estimate of drug-likeness (QED) is 0.615. The molecule has 1 fully saturated rings. The Balaban J connectivity index is 2.71. The van der Waals surface area contributed by atoms with Crippen LogP contribution in [0.4, 0.5) is 0 Å². The van der Waals surface area contributed by atoms with Gasteiger partial charge in [-0.15, -0.1) is 0 Å². The molecule has 0 aliphatic carbocycles. The van der Waals surface area contributed by atoms with Crippen LogP contribution in [0.1, 0.15) is 33.1 Å². The molecule has 1 saturated heterocycles. The second-order valence-corrected chi connectivity index (χ2v) is 5.74. The summed E-state index contributed by atoms with van der Waals surface area (Å²) in [4.78, 5) is 2.11. The fraction of sp³-hybridized carbons (Fsp3) is 0.857. The first-order valence-electron chi connectivity index (χ1n) is 6.77. The number of hydrogen-bond donors (Lipinski definition) is 3. The summed E-state index contributed by atoms with van der Waals surface area (Å²) < 4.78 is 0. The van der Waals surface area contributed by atoms with E-state index in [4.69, 9.17) is 0 Å². The molecule has 0 amide bonds. The van der Waals surface area contributed by atoms with Crippen molar-refractivity contribution in [2.75, 3.05) is 32.9 Å². The van der Waals surface area contributed by atoms with Crippen LogP contribution in [-0.2, 0) is 0 Å². The molecule has 1 heterocycles. The van der Waals surface area contributed by atoms with Gasteiger partial charge in [-0.1, -0.05) is 11.6 Å². The molecule has 0 radical (unpaired) electrons. The fourth-order valence-corrected chi connectivity index (χ4v) is 2.63. The maximum Gasteiger partial charge on any atom is 0.0609 e. The second-order valence-electron chi connectivity index (χ2n) is 5.74. The van der Waals surface area contributed by atoms with Gasteiger partial charge in [0.2, 0.25) is 0 Å². The standard InChI is InChI=1S/C14H27NO3/c1-12(2)4-6-14(11-18)5-3-7-15(10-14)13(8-16)9-17/h4,13,16-18H,3,5-11H2,1-2H3. The first kappa shape index (κ1) is 15.6. The van der Waals surface area contributed by atoms with Gasteiger partial charge in [0.15, 0.2) is 0 Å². The Morgan fingerprint density at radius 1 is 1.28 bits per heavy atom. The molecule has 1 rings (SSSR count). The molecule has 1 aliphatic rings. The third-order valence-corrected chi connectivity index (χ3v) is 3.91. The van der Waals surface area contributed by atoms with Gasteiger partial charge < -0.3 is 15.3 Å². The van der Waals surface area contributed by atoms with Crippen LogP contribution >= 0.6 is 0 Å². The summed E-state index contributed by atoms with van der Waals surface area (Å²) in [6, 6.07) is -0.192. The van der Waals surface area contributed by atoms with Gasteiger partial charge in [0, 0.05) is 12.0 Å². The van der Waals surface area contributed by atoms with Gasteiger partial charge >= 0.3 is 0 Å². The summed E-state index contributed by atoms with van der Waals surface area (Å²) in [5.41, 5.74) is 1.15. The first-order chi connectivity index (χ1) is 8.56. The van der Waals surface area contributed by atoms with Gasteiger partial charge in [0.25, 0.3) is 0 Å². The van der Waals surface area contributed by atoms with Crippen molar-refractivity contribution < 1.29 is 15.3 Å². The van der Waals surface area contributed by atoms with E-state index < -0.39 is 0 Å². The Morgan fingerprint density at radius 3 is 2.44 bits per heavy atom. The largest absolute Gasteiger partial charge is 0.396 e. The molecule has 0 saturated carbocycles. The van der Waals surface area contributed by atoms with E-state index in [1.54, 1.807) is 0 Å². The van der Waals surface area contributed by atoms with Gasteiger partial charge in [-0.25, -0.2) is 0 Å². The van der Waals surface area contributed by atoms with E-state index >= 15 is 0 Å². The van der Waals surface area contributed by atoms with Crippen LogP contribution in [0.25, 0.3) is 0 Å². The number of rotatable bonds is 6. The number of nitrogens with zero attached hydrogens (tertiary/aromatic N) is 1. The third kappa shape index (κ3) is 4.05. The molecule has 1 unspecified atom stereocenters. The number of piperidine rings is 1. The van der Waals surface area contributed by atoms with E-state index in [2.05, 4.69) is 24.8 Å². The van der Waals surface area contributed by atoms with Crippen molar-refractivity contribution in [3.8, 4) is 0 Å². The molecular weight excluding hydrogens is 230 g/mol. The maximum atomic E-state index is 9.72. The van der Waals surface area contributed by atoms with Crippen molar-refractivity contribution in [2.45, 2.75) is 39.2 Å². The molecule has 106 valence electrons. The topological polar surface area (TPSA) is 63.9 Å². The number of hydrogen-bond acceptors (Lipinski definition) is 4. The summed E-state index contributed by atoms with van der Waals surface area (Å²) in [5.74, 6) is 0. The van der Waals surface area contributed by atoms with Crippen LogP contribution < -0.4 is 0 Å². The fourth-order valence-electron chi connectivity index (χ4n) is 2.63. The van der Waals surface area contributed by atoms with E-state index in [9.17, 15) is 15.3 Å². The smallest absolute Gasteiger partial charge is 0.0609 e. The van der Waals surface area contributed by atoms with Crippen LogP contribution in [0.5, 0.6) is 0 Å². The molecule has 18 heavy (non-hydrogen) atoms. The average Bonchev–Trinajstić information content (AvgIpc) is 2.38. The van der Waals surface area contributed by atoms with Gasteiger partial charge in [-0.2, -0.15) is 0 Å². The molecule has 0 bridgehead atoms. The second kappa shape index (κ2) is 7.24. The molecule has 0 spiro atoms. The van der Waals surface area contributed by atoms with Gasteiger partial charge in [0.05, 0.1) is 25.9 Å². The molecule has 0 aromatic heterocycles. The van der Waals surface area contributed by atoms with E-state index in [0.717, 1.165) is 32.4 Å². The monoisotopic (exact) mass is 257 g/mol. The van der Waals surface area contributed by atoms with Crippen LogP contribution in [-0.4, -0.2) is 59.2 Å². The molecule has 1 aliphatic heterocycles.